The topological polar surface area (TPSA) is 72.2 Å². The van der Waals surface area contributed by atoms with Gasteiger partial charge in [0.05, 0.1) is 12.0 Å². The zero-order valence-corrected chi connectivity index (χ0v) is 17.2. The van der Waals surface area contributed by atoms with Crippen molar-refractivity contribution in [2.24, 2.45) is 5.10 Å². The Balaban J connectivity index is 1.61. The first-order valence-electron chi connectivity index (χ1n) is 8.26. The number of hydrogen-bond acceptors (Lipinski definition) is 6. The van der Waals surface area contributed by atoms with Crippen LogP contribution in [0, 0.1) is 6.92 Å². The lowest BCUT2D eigenvalue weighted by molar-refractivity contribution is -0.118. The summed E-state index contributed by atoms with van der Waals surface area (Å²) in [6.45, 7) is 4.72. The van der Waals surface area contributed by atoms with E-state index in [-0.39, 0.29) is 11.7 Å². The minimum absolute atomic E-state index is 0.191. The second-order valence-corrected chi connectivity index (χ2v) is 7.93. The average Bonchev–Trinajstić information content (AvgIpc) is 3.26. The van der Waals surface area contributed by atoms with Crippen LogP contribution in [-0.2, 0) is 11.3 Å². The number of hydrazone groups is 1. The maximum atomic E-state index is 12.0. The van der Waals surface area contributed by atoms with Gasteiger partial charge in [-0.3, -0.25) is 4.79 Å². The number of halogens is 1. The lowest BCUT2D eigenvalue weighted by atomic mass is 10.2. The molecule has 3 rings (SSSR count). The van der Waals surface area contributed by atoms with Gasteiger partial charge in [-0.15, -0.1) is 21.5 Å². The van der Waals surface area contributed by atoms with E-state index in [4.69, 9.17) is 11.6 Å². The molecule has 6 nitrogen and oxygen atoms in total. The van der Waals surface area contributed by atoms with Crippen LogP contribution in [0.15, 0.2) is 46.0 Å². The summed E-state index contributed by atoms with van der Waals surface area (Å²) in [5.41, 5.74) is 4.61. The fourth-order valence-corrected chi connectivity index (χ4v) is 4.04. The van der Waals surface area contributed by atoms with E-state index in [1.807, 2.05) is 54.1 Å². The highest BCUT2D eigenvalue weighted by molar-refractivity contribution is 7.99. The second-order valence-electron chi connectivity index (χ2n) is 5.61. The van der Waals surface area contributed by atoms with E-state index >= 15 is 0 Å². The average molecular weight is 420 g/mol. The third-order valence-corrected chi connectivity index (χ3v) is 5.91. The van der Waals surface area contributed by atoms with Gasteiger partial charge in [0.2, 0.25) is 0 Å². The highest BCUT2D eigenvalue weighted by Crippen LogP contribution is 2.25. The minimum atomic E-state index is -0.191. The van der Waals surface area contributed by atoms with Crippen molar-refractivity contribution in [3.63, 3.8) is 0 Å². The first-order chi connectivity index (χ1) is 13.1. The molecule has 27 heavy (non-hydrogen) atoms. The zero-order valence-electron chi connectivity index (χ0n) is 14.8. The van der Waals surface area contributed by atoms with Gasteiger partial charge in [-0.1, -0.05) is 23.4 Å². The van der Waals surface area contributed by atoms with Crippen molar-refractivity contribution in [1.82, 2.24) is 20.2 Å². The number of nitrogens with one attached hydrogen (secondary N) is 1. The molecule has 2 heterocycles. The molecule has 2 aromatic heterocycles. The highest BCUT2D eigenvalue weighted by Gasteiger charge is 2.14. The number of carbonyl (C=O) groups is 1. The van der Waals surface area contributed by atoms with Crippen LogP contribution in [0.2, 0.25) is 5.02 Å². The number of hydrogen-bond donors (Lipinski definition) is 1. The number of nitrogens with zero attached hydrogens (tertiary/aromatic N) is 4. The largest absolute Gasteiger partial charge is 0.302 e. The monoisotopic (exact) mass is 419 g/mol. The van der Waals surface area contributed by atoms with Crippen LogP contribution in [0.4, 0.5) is 0 Å². The van der Waals surface area contributed by atoms with E-state index in [1.54, 1.807) is 17.6 Å². The maximum Gasteiger partial charge on any atom is 0.250 e. The van der Waals surface area contributed by atoms with Gasteiger partial charge in [-0.25, -0.2) is 5.43 Å². The Morgan fingerprint density at radius 3 is 2.78 bits per heavy atom. The van der Waals surface area contributed by atoms with E-state index < -0.39 is 0 Å². The first-order valence-corrected chi connectivity index (χ1v) is 10.5. The molecule has 0 aliphatic heterocycles. The molecule has 0 spiro atoms. The number of amides is 1. The molecule has 3 aromatic rings. The van der Waals surface area contributed by atoms with Crippen LogP contribution in [-0.4, -0.2) is 32.6 Å². The van der Waals surface area contributed by atoms with Gasteiger partial charge in [-0.05, 0) is 55.1 Å². The zero-order chi connectivity index (χ0) is 19.2. The molecule has 0 aliphatic carbocycles. The van der Waals surface area contributed by atoms with E-state index in [1.165, 1.54) is 11.8 Å². The summed E-state index contributed by atoms with van der Waals surface area (Å²) >= 11 is 8.85. The van der Waals surface area contributed by atoms with Crippen LogP contribution in [0.1, 0.15) is 17.4 Å². The van der Waals surface area contributed by atoms with Crippen LogP contribution in [0.3, 0.4) is 0 Å². The van der Waals surface area contributed by atoms with Gasteiger partial charge >= 0.3 is 0 Å². The number of rotatable bonds is 7. The second kappa shape index (κ2) is 9.16. The summed E-state index contributed by atoms with van der Waals surface area (Å²) in [5, 5.41) is 15.8. The number of thiophene rings is 1. The molecular weight excluding hydrogens is 402 g/mol. The quantitative estimate of drug-likeness (QED) is 0.353. The first kappa shape index (κ1) is 19.6. The molecular formula is C18H18ClN5OS2. The molecule has 1 amide bonds. The molecule has 0 aliphatic rings. The molecule has 140 valence electrons. The SMILES string of the molecule is CCn1c(SCC(=O)N/N=C\c2sccc2C)nnc1-c1ccc(Cl)cc1. The summed E-state index contributed by atoms with van der Waals surface area (Å²) in [4.78, 5) is 13.1. The molecule has 0 saturated heterocycles. The number of thioether (sulfide) groups is 1. The predicted molar refractivity (Wildman–Crippen MR) is 112 cm³/mol. The smallest absolute Gasteiger partial charge is 0.250 e. The van der Waals surface area contributed by atoms with Crippen LogP contribution in [0.25, 0.3) is 11.4 Å². The van der Waals surface area contributed by atoms with Gasteiger partial charge < -0.3 is 4.57 Å². The molecule has 1 N–H and O–H groups in total. The Hall–Kier alpha value is -2.16. The van der Waals surface area contributed by atoms with E-state index in [9.17, 15) is 4.79 Å². The Kier molecular flexibility index (Phi) is 6.65. The lowest BCUT2D eigenvalue weighted by Gasteiger charge is -2.07. The van der Waals surface area contributed by atoms with Gasteiger partial charge in [0.15, 0.2) is 11.0 Å². The van der Waals surface area contributed by atoms with Crippen LogP contribution < -0.4 is 5.43 Å². The van der Waals surface area contributed by atoms with Crippen LogP contribution >= 0.6 is 34.7 Å². The summed E-state index contributed by atoms with van der Waals surface area (Å²) in [7, 11) is 0. The van der Waals surface area contributed by atoms with Crippen molar-refractivity contribution < 1.29 is 4.79 Å². The van der Waals surface area contributed by atoms with Gasteiger partial charge in [0.1, 0.15) is 0 Å². The van der Waals surface area contributed by atoms with Crippen molar-refractivity contribution in [3.05, 3.63) is 51.2 Å². The molecule has 0 radical (unpaired) electrons. The maximum absolute atomic E-state index is 12.0. The van der Waals surface area contributed by atoms with E-state index in [0.29, 0.717) is 16.7 Å². The molecule has 1 aromatic carbocycles. The summed E-state index contributed by atoms with van der Waals surface area (Å²) in [5.74, 6) is 0.770. The van der Waals surface area contributed by atoms with Crippen molar-refractivity contribution in [1.29, 1.82) is 0 Å². The third kappa shape index (κ3) is 4.97. The van der Waals surface area contributed by atoms with Crippen LogP contribution in [0.5, 0.6) is 0 Å². The van der Waals surface area contributed by atoms with Gasteiger partial charge in [-0.2, -0.15) is 5.10 Å². The lowest BCUT2D eigenvalue weighted by Crippen LogP contribution is -2.20. The fourth-order valence-electron chi connectivity index (χ4n) is 2.34. The predicted octanol–water partition coefficient (Wildman–Crippen LogP) is 4.23. The summed E-state index contributed by atoms with van der Waals surface area (Å²) < 4.78 is 1.97. The number of aryl methyl sites for hydroxylation is 1. The number of carbonyl (C=O) groups excluding carboxylic acids is 1. The standard InChI is InChI=1S/C18H18ClN5OS2/c1-3-24-17(13-4-6-14(19)7-5-13)22-23-18(24)27-11-16(25)21-20-10-15-12(2)8-9-26-15/h4-10H,3,11H2,1-2H3,(H,21,25)/b20-10-. The molecule has 0 bridgehead atoms. The fraction of sp³-hybridized carbons (Fsp3) is 0.222. The minimum Gasteiger partial charge on any atom is -0.302 e. The molecule has 0 atom stereocenters. The summed E-state index contributed by atoms with van der Waals surface area (Å²) in [6, 6.07) is 9.46. The Bertz CT molecular complexity index is 949. The molecule has 0 unspecified atom stereocenters. The van der Waals surface area contributed by atoms with Crippen molar-refractivity contribution in [2.75, 3.05) is 5.75 Å². The Morgan fingerprint density at radius 1 is 1.33 bits per heavy atom. The molecule has 9 heteroatoms. The van der Waals surface area contributed by atoms with E-state index in [2.05, 4.69) is 20.7 Å². The third-order valence-electron chi connectivity index (χ3n) is 3.74. The van der Waals surface area contributed by atoms with Crippen molar-refractivity contribution in [3.8, 4) is 11.4 Å². The Labute approximate surface area is 170 Å². The number of aromatic nitrogens is 3. The van der Waals surface area contributed by atoms with Gasteiger partial charge in [0, 0.05) is 22.0 Å². The summed E-state index contributed by atoms with van der Waals surface area (Å²) in [6.07, 6.45) is 1.66. The highest BCUT2D eigenvalue weighted by atomic mass is 35.5. The van der Waals surface area contributed by atoms with Gasteiger partial charge in [0.25, 0.3) is 5.91 Å². The van der Waals surface area contributed by atoms with Crippen molar-refractivity contribution >= 4 is 46.8 Å². The normalized spacial score (nSPS) is 11.2. The molecule has 0 saturated carbocycles. The van der Waals surface area contributed by atoms with E-state index in [0.717, 1.165) is 21.8 Å². The van der Waals surface area contributed by atoms with Crippen molar-refractivity contribution in [2.45, 2.75) is 25.5 Å². The Morgan fingerprint density at radius 2 is 2.11 bits per heavy atom. The molecule has 0 fully saturated rings. The number of benzene rings is 1.